The zero-order chi connectivity index (χ0) is 19.9. The molecule has 1 aliphatic heterocycles. The molecule has 0 aromatic rings. The fourth-order valence-corrected chi connectivity index (χ4v) is 4.13. The Kier molecular flexibility index (Phi) is 27.5. The first-order chi connectivity index (χ1) is 13.9. The van der Waals surface area contributed by atoms with Crippen molar-refractivity contribution in [2.45, 2.75) is 75.8 Å². The zero-order valence-corrected chi connectivity index (χ0v) is 25.5. The number of halogens is 1. The molecule has 4 unspecified atom stereocenters. The summed E-state index contributed by atoms with van der Waals surface area (Å²) in [6.45, 7) is 9.43. The molecule has 0 radical (unpaired) electrons. The summed E-state index contributed by atoms with van der Waals surface area (Å²) in [6, 6.07) is 0. The molecule has 31 heavy (non-hydrogen) atoms. The third-order valence-corrected chi connectivity index (χ3v) is 5.52. The minimum Gasteiger partial charge on any atom is 0 e. The van der Waals surface area contributed by atoms with Gasteiger partial charge in [0, 0.05) is 21.1 Å². The van der Waals surface area contributed by atoms with Crippen molar-refractivity contribution in [1.82, 2.24) is 0 Å². The van der Waals surface area contributed by atoms with Crippen molar-refractivity contribution in [1.29, 1.82) is 0 Å². The Balaban J connectivity index is 0. The molecule has 2 saturated carbocycles. The average Bonchev–Trinajstić information content (AvgIpc) is 2.75. The van der Waals surface area contributed by atoms with Crippen molar-refractivity contribution in [3.63, 3.8) is 0 Å². The summed E-state index contributed by atoms with van der Waals surface area (Å²) in [7, 11) is 0. The van der Waals surface area contributed by atoms with Crippen LogP contribution in [0.25, 0.3) is 0 Å². The number of rotatable bonds is 0. The first-order valence-corrected chi connectivity index (χ1v) is 10.8. The Morgan fingerprint density at radius 2 is 0.710 bits per heavy atom. The van der Waals surface area contributed by atoms with Crippen LogP contribution in [0.5, 0.6) is 0 Å². The van der Waals surface area contributed by atoms with Crippen molar-refractivity contribution in [2.75, 3.05) is 52.9 Å². The van der Waals surface area contributed by atoms with Crippen LogP contribution >= 0.6 is 0 Å². The standard InChI is InChI=1S/C20H36O6.CO.BrH.K.Mo/c1-2-6-18-17(5-1)23-13-9-21-11-15-25-19-7-3-4-8-20(19)26-16-12-22-10-14-24-18;1-2;;;/h17-20H,1-16H2;;1H;;/q;;;+1;/p-1. The topological polar surface area (TPSA) is 75.3 Å². The predicted molar refractivity (Wildman–Crippen MR) is 101 cm³/mol. The molecule has 1 saturated heterocycles. The average molecular weight is 615 g/mol. The van der Waals surface area contributed by atoms with Gasteiger partial charge in [-0.05, 0) is 25.7 Å². The Hall–Kier alpha value is 2.30. The van der Waals surface area contributed by atoms with E-state index in [-0.39, 0.29) is 114 Å². The van der Waals surface area contributed by atoms with Gasteiger partial charge in [-0.2, -0.15) is 0 Å². The van der Waals surface area contributed by atoms with Crippen molar-refractivity contribution in [3.05, 3.63) is 6.65 Å². The van der Waals surface area contributed by atoms with Crippen LogP contribution in [-0.2, 0) is 54.1 Å². The fraction of sp³-hybridized carbons (Fsp3) is 0.952. The van der Waals surface area contributed by atoms with E-state index in [1.165, 1.54) is 25.7 Å². The molecule has 0 spiro atoms. The summed E-state index contributed by atoms with van der Waals surface area (Å²) in [6.07, 6.45) is 9.93. The third kappa shape index (κ3) is 15.1. The molecule has 10 heteroatoms. The number of fused-ring (bicyclic) bond motifs is 2. The SMILES string of the molecule is C1CCC2OCCOCCOC3CCCCC3OCCOCCOC2C1.[Br-].[C-]#[O+].[K+].[Mo]. The van der Waals surface area contributed by atoms with Crippen LogP contribution in [0.2, 0.25) is 0 Å². The minimum atomic E-state index is 0. The second kappa shape index (κ2) is 24.0. The molecule has 0 aromatic heterocycles. The van der Waals surface area contributed by atoms with Crippen LogP contribution in [0.4, 0.5) is 0 Å². The third-order valence-electron chi connectivity index (χ3n) is 5.52. The molecular weight excluding hydrogens is 579 g/mol. The molecule has 0 bridgehead atoms. The Morgan fingerprint density at radius 3 is 0.935 bits per heavy atom. The van der Waals surface area contributed by atoms with Gasteiger partial charge >= 0.3 is 62.7 Å². The van der Waals surface area contributed by atoms with E-state index in [9.17, 15) is 0 Å². The fourth-order valence-electron chi connectivity index (χ4n) is 4.13. The zero-order valence-electron chi connectivity index (χ0n) is 18.8. The summed E-state index contributed by atoms with van der Waals surface area (Å²) >= 11 is 0. The molecule has 7 nitrogen and oxygen atoms in total. The molecule has 1 heterocycles. The van der Waals surface area contributed by atoms with Crippen LogP contribution in [0.3, 0.4) is 0 Å². The van der Waals surface area contributed by atoms with Gasteiger partial charge in [-0.3, -0.25) is 0 Å². The maximum absolute atomic E-state index is 7.50. The van der Waals surface area contributed by atoms with E-state index in [1.807, 2.05) is 0 Å². The van der Waals surface area contributed by atoms with Gasteiger partial charge in [0.1, 0.15) is 0 Å². The molecule has 3 rings (SSSR count). The number of hydrogen-bond donors (Lipinski definition) is 0. The van der Waals surface area contributed by atoms with Crippen LogP contribution < -0.4 is 68.4 Å². The van der Waals surface area contributed by atoms with Crippen molar-refractivity contribution in [3.8, 4) is 0 Å². The maximum atomic E-state index is 7.50. The normalized spacial score (nSPS) is 31.0. The maximum Gasteiger partial charge on any atom is 1.00 e. The molecule has 0 N–H and O–H groups in total. The number of hydrogen-bond acceptors (Lipinski definition) is 6. The van der Waals surface area contributed by atoms with E-state index in [1.54, 1.807) is 0 Å². The Labute approximate surface area is 254 Å². The predicted octanol–water partition coefficient (Wildman–Crippen LogP) is -3.31. The molecule has 0 aromatic carbocycles. The molecular formula is C21H36BrKMoO7. The van der Waals surface area contributed by atoms with Crippen molar-refractivity contribution < 1.29 is 123 Å². The second-order valence-electron chi connectivity index (χ2n) is 7.43. The Bertz CT molecular complexity index is 356. The van der Waals surface area contributed by atoms with Crippen LogP contribution in [-0.4, -0.2) is 77.3 Å². The molecule has 0 amide bonds. The first-order valence-electron chi connectivity index (χ1n) is 10.8. The van der Waals surface area contributed by atoms with E-state index in [0.29, 0.717) is 52.9 Å². The molecule has 3 fully saturated rings. The van der Waals surface area contributed by atoms with Crippen molar-refractivity contribution in [2.24, 2.45) is 0 Å². The molecule has 4 atom stereocenters. The van der Waals surface area contributed by atoms with Gasteiger partial charge in [0.2, 0.25) is 0 Å². The van der Waals surface area contributed by atoms with Crippen molar-refractivity contribution >= 4 is 0 Å². The molecule has 176 valence electrons. The summed E-state index contributed by atoms with van der Waals surface area (Å²) in [5.41, 5.74) is 0. The van der Waals surface area contributed by atoms with Gasteiger partial charge < -0.3 is 45.4 Å². The van der Waals surface area contributed by atoms with Gasteiger partial charge in [-0.1, -0.05) is 25.7 Å². The van der Waals surface area contributed by atoms with Gasteiger partial charge in [0.05, 0.1) is 77.3 Å². The van der Waals surface area contributed by atoms with Gasteiger partial charge in [-0.25, -0.2) is 0 Å². The molecule has 3 aliphatic rings. The Morgan fingerprint density at radius 1 is 0.484 bits per heavy atom. The summed E-state index contributed by atoms with van der Waals surface area (Å²) in [5.74, 6) is 0. The van der Waals surface area contributed by atoms with E-state index >= 15 is 0 Å². The first kappa shape index (κ1) is 35.5. The summed E-state index contributed by atoms with van der Waals surface area (Å²) < 4.78 is 43.0. The largest absolute Gasteiger partial charge is 1.00 e. The van der Waals surface area contributed by atoms with E-state index in [0.717, 1.165) is 25.7 Å². The van der Waals surface area contributed by atoms with Gasteiger partial charge in [0.25, 0.3) is 0 Å². The van der Waals surface area contributed by atoms with E-state index in [2.05, 4.69) is 6.65 Å². The minimum absolute atomic E-state index is 0. The van der Waals surface area contributed by atoms with Gasteiger partial charge in [-0.15, -0.1) is 0 Å². The van der Waals surface area contributed by atoms with Crippen LogP contribution in [0.1, 0.15) is 51.4 Å². The quantitative estimate of drug-likeness (QED) is 0.162. The van der Waals surface area contributed by atoms with Crippen LogP contribution in [0, 0.1) is 6.65 Å². The second-order valence-corrected chi connectivity index (χ2v) is 7.43. The van der Waals surface area contributed by atoms with Crippen LogP contribution in [0.15, 0.2) is 0 Å². The smallest absolute Gasteiger partial charge is 0 e. The van der Waals surface area contributed by atoms with E-state index < -0.39 is 0 Å². The van der Waals surface area contributed by atoms with Gasteiger partial charge in [0.15, 0.2) is 0 Å². The summed E-state index contributed by atoms with van der Waals surface area (Å²) in [5, 5.41) is 0. The number of ether oxygens (including phenoxy) is 6. The molecule has 2 aliphatic carbocycles. The van der Waals surface area contributed by atoms with E-state index in [4.69, 9.17) is 33.1 Å². The monoisotopic (exact) mass is 616 g/mol. The summed E-state index contributed by atoms with van der Waals surface area (Å²) in [4.78, 5) is 0.